The van der Waals surface area contributed by atoms with Gasteiger partial charge in [0.05, 0.1) is 18.5 Å². The van der Waals surface area contributed by atoms with Crippen molar-refractivity contribution < 1.29 is 36.2 Å². The van der Waals surface area contributed by atoms with Crippen LogP contribution in [0.4, 0.5) is 14.5 Å². The number of anilines is 1. The Balaban J connectivity index is 1.87. The van der Waals surface area contributed by atoms with Crippen LogP contribution >= 0.6 is 0 Å². The molecule has 9 nitrogen and oxygen atoms in total. The van der Waals surface area contributed by atoms with E-state index in [4.69, 9.17) is 4.74 Å². The van der Waals surface area contributed by atoms with Crippen molar-refractivity contribution in [1.82, 2.24) is 10.2 Å². The van der Waals surface area contributed by atoms with Gasteiger partial charge in [-0.2, -0.15) is 13.5 Å². The maximum absolute atomic E-state index is 13.0. The van der Waals surface area contributed by atoms with Gasteiger partial charge in [-0.05, 0) is 19.1 Å². The highest BCUT2D eigenvalue weighted by atomic mass is 32.2. The second-order valence-electron chi connectivity index (χ2n) is 4.77. The molecule has 0 aliphatic carbocycles. The molecule has 25 heavy (non-hydrogen) atoms. The fourth-order valence-electron chi connectivity index (χ4n) is 2.05. The SMILES string of the molecule is CCOC(=O)c1cn[nH]c1S(=O)(=O)Nc1ccc2c(c1)OC(F)(F)O2. The van der Waals surface area contributed by atoms with E-state index in [2.05, 4.69) is 24.4 Å². The predicted octanol–water partition coefficient (Wildman–Crippen LogP) is 1.71. The van der Waals surface area contributed by atoms with Crippen molar-refractivity contribution in [2.45, 2.75) is 18.2 Å². The van der Waals surface area contributed by atoms with Gasteiger partial charge in [-0.1, -0.05) is 0 Å². The van der Waals surface area contributed by atoms with E-state index < -0.39 is 27.3 Å². The summed E-state index contributed by atoms with van der Waals surface area (Å²) in [7, 11) is -4.26. The highest BCUT2D eigenvalue weighted by molar-refractivity contribution is 7.92. The summed E-state index contributed by atoms with van der Waals surface area (Å²) < 4.78 is 66.2. The zero-order valence-corrected chi connectivity index (χ0v) is 13.4. The molecule has 12 heteroatoms. The molecule has 3 rings (SSSR count). The van der Waals surface area contributed by atoms with Crippen LogP contribution in [0.1, 0.15) is 17.3 Å². The summed E-state index contributed by atoms with van der Waals surface area (Å²) in [6, 6.07) is 3.34. The molecule has 0 unspecified atom stereocenters. The molecule has 1 aliphatic rings. The Morgan fingerprint density at radius 3 is 2.80 bits per heavy atom. The van der Waals surface area contributed by atoms with Crippen molar-refractivity contribution in [2.24, 2.45) is 0 Å². The number of fused-ring (bicyclic) bond motifs is 1. The van der Waals surface area contributed by atoms with Gasteiger partial charge in [0.1, 0.15) is 5.56 Å². The van der Waals surface area contributed by atoms with Crippen molar-refractivity contribution in [3.63, 3.8) is 0 Å². The van der Waals surface area contributed by atoms with E-state index in [0.717, 1.165) is 18.3 Å². The number of hydrogen-bond donors (Lipinski definition) is 2. The number of benzene rings is 1. The van der Waals surface area contributed by atoms with E-state index in [1.54, 1.807) is 6.92 Å². The number of carbonyl (C=O) groups excluding carboxylic acids is 1. The largest absolute Gasteiger partial charge is 0.586 e. The Morgan fingerprint density at radius 1 is 1.36 bits per heavy atom. The van der Waals surface area contributed by atoms with Gasteiger partial charge in [-0.15, -0.1) is 8.78 Å². The van der Waals surface area contributed by atoms with E-state index in [9.17, 15) is 22.0 Å². The average Bonchev–Trinajstić information content (AvgIpc) is 3.10. The topological polar surface area (TPSA) is 120 Å². The molecule has 0 amide bonds. The van der Waals surface area contributed by atoms with Crippen LogP contribution in [0, 0.1) is 0 Å². The number of alkyl halides is 2. The molecule has 0 saturated heterocycles. The molecule has 2 aromatic rings. The van der Waals surface area contributed by atoms with E-state index >= 15 is 0 Å². The first-order valence-electron chi connectivity index (χ1n) is 6.85. The number of sulfonamides is 1. The lowest BCUT2D eigenvalue weighted by molar-refractivity contribution is -0.286. The maximum atomic E-state index is 13.0. The Morgan fingerprint density at radius 2 is 2.08 bits per heavy atom. The minimum Gasteiger partial charge on any atom is -0.462 e. The Hall–Kier alpha value is -2.89. The molecule has 0 bridgehead atoms. The number of ether oxygens (including phenoxy) is 3. The van der Waals surface area contributed by atoms with E-state index in [1.807, 2.05) is 0 Å². The molecule has 0 radical (unpaired) electrons. The number of nitrogens with zero attached hydrogens (tertiary/aromatic N) is 1. The minimum atomic E-state index is -4.26. The Kier molecular flexibility index (Phi) is 3.99. The number of H-pyrrole nitrogens is 1. The van der Waals surface area contributed by atoms with Gasteiger partial charge in [0, 0.05) is 6.07 Å². The predicted molar refractivity (Wildman–Crippen MR) is 78.0 cm³/mol. The first-order chi connectivity index (χ1) is 11.7. The smallest absolute Gasteiger partial charge is 0.462 e. The van der Waals surface area contributed by atoms with Crippen molar-refractivity contribution >= 4 is 21.7 Å². The first kappa shape index (κ1) is 17.0. The summed E-state index contributed by atoms with van der Waals surface area (Å²) in [6.07, 6.45) is -2.81. The highest BCUT2D eigenvalue weighted by Gasteiger charge is 2.43. The van der Waals surface area contributed by atoms with Crippen LogP contribution < -0.4 is 14.2 Å². The first-order valence-corrected chi connectivity index (χ1v) is 8.33. The summed E-state index contributed by atoms with van der Waals surface area (Å²) in [5.41, 5.74) is -0.369. The van der Waals surface area contributed by atoms with Gasteiger partial charge in [-0.3, -0.25) is 9.82 Å². The minimum absolute atomic E-state index is 0.0489. The number of halogens is 2. The number of nitrogens with one attached hydrogen (secondary N) is 2. The number of carbonyl (C=O) groups is 1. The fraction of sp³-hybridized carbons (Fsp3) is 0.231. The third-order valence-electron chi connectivity index (χ3n) is 3.02. The maximum Gasteiger partial charge on any atom is 0.586 e. The van der Waals surface area contributed by atoms with Crippen LogP contribution in [-0.2, 0) is 14.8 Å². The van der Waals surface area contributed by atoms with E-state index in [0.29, 0.717) is 0 Å². The van der Waals surface area contributed by atoms with Gasteiger partial charge in [0.15, 0.2) is 16.5 Å². The monoisotopic (exact) mass is 375 g/mol. The molecule has 0 spiro atoms. The van der Waals surface area contributed by atoms with Crippen LogP contribution in [0.3, 0.4) is 0 Å². The molecule has 2 N–H and O–H groups in total. The van der Waals surface area contributed by atoms with Crippen molar-refractivity contribution in [3.05, 3.63) is 30.0 Å². The highest BCUT2D eigenvalue weighted by Crippen LogP contribution is 2.42. The molecule has 1 aliphatic heterocycles. The third-order valence-corrected chi connectivity index (χ3v) is 4.38. The van der Waals surface area contributed by atoms with Crippen LogP contribution in [0.2, 0.25) is 0 Å². The number of hydrogen-bond acceptors (Lipinski definition) is 7. The summed E-state index contributed by atoms with van der Waals surface area (Å²) >= 11 is 0. The Labute approximate surface area is 139 Å². The molecular weight excluding hydrogens is 364 g/mol. The van der Waals surface area contributed by atoms with Gasteiger partial charge >= 0.3 is 12.3 Å². The fourth-order valence-corrected chi connectivity index (χ4v) is 3.19. The van der Waals surface area contributed by atoms with Crippen molar-refractivity contribution in [3.8, 4) is 11.5 Å². The number of aromatic amines is 1. The second-order valence-corrected chi connectivity index (χ2v) is 6.39. The summed E-state index contributed by atoms with van der Waals surface area (Å²) in [4.78, 5) is 11.8. The van der Waals surface area contributed by atoms with Gasteiger partial charge in [0.25, 0.3) is 10.0 Å². The molecular formula is C13H11F2N3O6S. The normalized spacial score (nSPS) is 15.0. The van der Waals surface area contributed by atoms with E-state index in [-0.39, 0.29) is 29.4 Å². The van der Waals surface area contributed by atoms with Crippen molar-refractivity contribution in [2.75, 3.05) is 11.3 Å². The van der Waals surface area contributed by atoms with Crippen LogP contribution in [-0.4, -0.2) is 37.5 Å². The quantitative estimate of drug-likeness (QED) is 0.764. The van der Waals surface area contributed by atoms with Gasteiger partial charge in [-0.25, -0.2) is 4.79 Å². The lowest BCUT2D eigenvalue weighted by Crippen LogP contribution is -2.25. The molecule has 0 fully saturated rings. The third kappa shape index (κ3) is 3.33. The number of rotatable bonds is 5. The molecule has 1 aromatic heterocycles. The zero-order chi connectivity index (χ0) is 18.2. The number of aromatic nitrogens is 2. The van der Waals surface area contributed by atoms with Crippen molar-refractivity contribution in [1.29, 1.82) is 0 Å². The summed E-state index contributed by atoms with van der Waals surface area (Å²) in [5, 5.41) is 5.20. The van der Waals surface area contributed by atoms with E-state index in [1.165, 1.54) is 6.07 Å². The summed E-state index contributed by atoms with van der Waals surface area (Å²) in [5.74, 6) is -1.44. The van der Waals surface area contributed by atoms with Crippen LogP contribution in [0.15, 0.2) is 29.4 Å². The Bertz CT molecular complexity index is 928. The zero-order valence-electron chi connectivity index (χ0n) is 12.6. The second kappa shape index (κ2) is 5.88. The lowest BCUT2D eigenvalue weighted by Gasteiger charge is -2.08. The average molecular weight is 375 g/mol. The molecule has 134 valence electrons. The molecule has 1 aromatic carbocycles. The van der Waals surface area contributed by atoms with Gasteiger partial charge < -0.3 is 14.2 Å². The van der Waals surface area contributed by atoms with Crippen LogP contribution in [0.25, 0.3) is 0 Å². The number of esters is 1. The molecule has 0 saturated carbocycles. The standard InChI is InChI=1S/C13H11F2N3O6S/c1-2-22-12(19)8-6-16-17-11(8)25(20,21)18-7-3-4-9-10(5-7)24-13(14,15)23-9/h3-6,18H,2H2,1H3,(H,16,17). The molecule has 2 heterocycles. The molecule has 0 atom stereocenters. The summed E-state index contributed by atoms with van der Waals surface area (Å²) in [6.45, 7) is 1.61. The van der Waals surface area contributed by atoms with Crippen LogP contribution in [0.5, 0.6) is 11.5 Å². The lowest BCUT2D eigenvalue weighted by atomic mass is 10.3. The van der Waals surface area contributed by atoms with Gasteiger partial charge in [0.2, 0.25) is 0 Å².